The fraction of sp³-hybridized carbons (Fsp3) is 0.467. The van der Waals surface area contributed by atoms with E-state index in [1.807, 2.05) is 6.92 Å². The summed E-state index contributed by atoms with van der Waals surface area (Å²) in [6.45, 7) is 5.48. The lowest BCUT2D eigenvalue weighted by Crippen LogP contribution is -2.32. The van der Waals surface area contributed by atoms with Crippen molar-refractivity contribution in [3.63, 3.8) is 0 Å². The second kappa shape index (κ2) is 8.26. The zero-order chi connectivity index (χ0) is 16.8. The molecular formula is C15H19F2N3O2S. The molecule has 0 saturated carbocycles. The minimum Gasteiger partial charge on any atom is -0.382 e. The predicted molar refractivity (Wildman–Crippen MR) is 85.4 cm³/mol. The Bertz CT molecular complexity index is 639. The van der Waals surface area contributed by atoms with Crippen LogP contribution in [0.4, 0.5) is 8.78 Å². The van der Waals surface area contributed by atoms with E-state index < -0.39 is 11.6 Å². The van der Waals surface area contributed by atoms with E-state index in [0.717, 1.165) is 18.6 Å². The molecule has 5 nitrogen and oxygen atoms in total. The minimum atomic E-state index is -0.944. The number of halogens is 2. The van der Waals surface area contributed by atoms with Crippen LogP contribution in [0, 0.1) is 11.6 Å². The lowest BCUT2D eigenvalue weighted by molar-refractivity contribution is -0.120. The van der Waals surface area contributed by atoms with Crippen LogP contribution in [0.15, 0.2) is 17.3 Å². The fourth-order valence-electron chi connectivity index (χ4n) is 1.93. The monoisotopic (exact) mass is 343 g/mol. The molecule has 126 valence electrons. The van der Waals surface area contributed by atoms with Crippen LogP contribution in [0.5, 0.6) is 0 Å². The molecule has 1 unspecified atom stereocenters. The van der Waals surface area contributed by atoms with Crippen LogP contribution in [0.2, 0.25) is 0 Å². The molecule has 1 amide bonds. The molecule has 0 aliphatic heterocycles. The molecule has 23 heavy (non-hydrogen) atoms. The molecule has 0 aliphatic carbocycles. The van der Waals surface area contributed by atoms with Crippen LogP contribution < -0.4 is 5.32 Å². The predicted octanol–water partition coefficient (Wildman–Crippen LogP) is 2.86. The van der Waals surface area contributed by atoms with Gasteiger partial charge in [-0.1, -0.05) is 11.8 Å². The average Bonchev–Trinajstić information content (AvgIpc) is 2.88. The van der Waals surface area contributed by atoms with Gasteiger partial charge in [0.1, 0.15) is 0 Å². The number of amides is 1. The number of thioether (sulfide) groups is 1. The van der Waals surface area contributed by atoms with Gasteiger partial charge in [0.25, 0.3) is 0 Å². The quantitative estimate of drug-likeness (QED) is 0.571. The highest BCUT2D eigenvalue weighted by Gasteiger charge is 2.17. The van der Waals surface area contributed by atoms with Gasteiger partial charge in [-0.05, 0) is 20.3 Å². The van der Waals surface area contributed by atoms with Crippen LogP contribution in [-0.4, -0.2) is 40.9 Å². The highest BCUT2D eigenvalue weighted by Crippen LogP contribution is 2.24. The van der Waals surface area contributed by atoms with E-state index in [2.05, 4.69) is 15.3 Å². The lowest BCUT2D eigenvalue weighted by Gasteiger charge is -2.10. The van der Waals surface area contributed by atoms with Gasteiger partial charge < -0.3 is 15.0 Å². The largest absolute Gasteiger partial charge is 0.382 e. The van der Waals surface area contributed by atoms with E-state index in [9.17, 15) is 13.6 Å². The van der Waals surface area contributed by atoms with E-state index in [-0.39, 0.29) is 11.2 Å². The topological polar surface area (TPSA) is 67.0 Å². The standard InChI is InChI=1S/C15H19F2N3O2S/c1-3-22-6-4-5-18-14(21)9(2)23-15-19-12-7-10(16)11(17)8-13(12)20-15/h7-9H,3-6H2,1-2H3,(H,18,21)(H,19,20). The number of fused-ring (bicyclic) bond motifs is 1. The summed E-state index contributed by atoms with van der Waals surface area (Å²) in [5, 5.41) is 2.88. The first-order valence-electron chi connectivity index (χ1n) is 7.38. The number of nitrogens with one attached hydrogen (secondary N) is 2. The third-order valence-electron chi connectivity index (χ3n) is 3.13. The van der Waals surface area contributed by atoms with E-state index in [1.54, 1.807) is 6.92 Å². The number of nitrogens with zero attached hydrogens (tertiary/aromatic N) is 1. The van der Waals surface area contributed by atoms with Crippen molar-refractivity contribution in [3.8, 4) is 0 Å². The van der Waals surface area contributed by atoms with Gasteiger partial charge in [0.2, 0.25) is 5.91 Å². The zero-order valence-electron chi connectivity index (χ0n) is 13.0. The van der Waals surface area contributed by atoms with Gasteiger partial charge in [0.15, 0.2) is 16.8 Å². The number of H-pyrrole nitrogens is 1. The molecular weight excluding hydrogens is 324 g/mol. The SMILES string of the molecule is CCOCCCNC(=O)C(C)Sc1nc2cc(F)c(F)cc2[nH]1. The summed E-state index contributed by atoms with van der Waals surface area (Å²) >= 11 is 1.20. The van der Waals surface area contributed by atoms with Gasteiger partial charge in [0.05, 0.1) is 16.3 Å². The van der Waals surface area contributed by atoms with Crippen LogP contribution >= 0.6 is 11.8 Å². The molecule has 2 aromatic rings. The van der Waals surface area contributed by atoms with Gasteiger partial charge in [0, 0.05) is 31.9 Å². The Morgan fingerprint density at radius 1 is 1.43 bits per heavy atom. The first kappa shape index (κ1) is 17.7. The van der Waals surface area contributed by atoms with Crippen molar-refractivity contribution >= 4 is 28.7 Å². The van der Waals surface area contributed by atoms with Crippen molar-refractivity contribution < 1.29 is 18.3 Å². The number of aromatic amines is 1. The zero-order valence-corrected chi connectivity index (χ0v) is 13.8. The third-order valence-corrected chi connectivity index (χ3v) is 4.11. The van der Waals surface area contributed by atoms with E-state index in [4.69, 9.17) is 4.74 Å². The first-order chi connectivity index (χ1) is 11.0. The van der Waals surface area contributed by atoms with Crippen LogP contribution in [0.3, 0.4) is 0 Å². The number of imidazole rings is 1. The number of carbonyl (C=O) groups is 1. The molecule has 2 N–H and O–H groups in total. The van der Waals surface area contributed by atoms with E-state index in [1.165, 1.54) is 11.8 Å². The van der Waals surface area contributed by atoms with Crippen molar-refractivity contribution in [2.45, 2.75) is 30.7 Å². The second-order valence-corrected chi connectivity index (χ2v) is 6.26. The highest BCUT2D eigenvalue weighted by molar-refractivity contribution is 8.00. The van der Waals surface area contributed by atoms with Crippen molar-refractivity contribution in [2.75, 3.05) is 19.8 Å². The second-order valence-electron chi connectivity index (χ2n) is 4.93. The van der Waals surface area contributed by atoms with Gasteiger partial charge in [-0.2, -0.15) is 0 Å². The number of hydrogen-bond acceptors (Lipinski definition) is 4. The van der Waals surface area contributed by atoms with Gasteiger partial charge >= 0.3 is 0 Å². The van der Waals surface area contributed by atoms with Gasteiger partial charge in [-0.3, -0.25) is 4.79 Å². The van der Waals surface area contributed by atoms with Crippen LogP contribution in [-0.2, 0) is 9.53 Å². The summed E-state index contributed by atoms with van der Waals surface area (Å²) in [5.41, 5.74) is 0.728. The maximum absolute atomic E-state index is 13.2. The summed E-state index contributed by atoms with van der Waals surface area (Å²) in [7, 11) is 0. The Morgan fingerprint density at radius 2 is 2.17 bits per heavy atom. The Morgan fingerprint density at radius 3 is 2.91 bits per heavy atom. The number of benzene rings is 1. The molecule has 1 atom stereocenters. The molecule has 1 aromatic heterocycles. The smallest absolute Gasteiger partial charge is 0.233 e. The third kappa shape index (κ3) is 4.90. The maximum atomic E-state index is 13.2. The Labute approximate surface area is 137 Å². The molecule has 1 aromatic carbocycles. The molecule has 8 heteroatoms. The van der Waals surface area contributed by atoms with Crippen molar-refractivity contribution in [1.29, 1.82) is 0 Å². The normalized spacial score (nSPS) is 12.5. The first-order valence-corrected chi connectivity index (χ1v) is 8.26. The number of aromatic nitrogens is 2. The molecule has 0 aliphatic rings. The van der Waals surface area contributed by atoms with Crippen molar-refractivity contribution in [2.24, 2.45) is 0 Å². The number of hydrogen-bond donors (Lipinski definition) is 2. The maximum Gasteiger partial charge on any atom is 0.233 e. The summed E-state index contributed by atoms with van der Waals surface area (Å²) in [5.74, 6) is -2.00. The number of carbonyl (C=O) groups excluding carboxylic acids is 1. The summed E-state index contributed by atoms with van der Waals surface area (Å²) in [4.78, 5) is 19.0. The molecule has 0 bridgehead atoms. The molecule has 0 fully saturated rings. The Kier molecular flexibility index (Phi) is 6.35. The van der Waals surface area contributed by atoms with Crippen molar-refractivity contribution in [3.05, 3.63) is 23.8 Å². The fourth-order valence-corrected chi connectivity index (χ4v) is 2.78. The Balaban J connectivity index is 1.89. The van der Waals surface area contributed by atoms with Gasteiger partial charge in [-0.15, -0.1) is 0 Å². The molecule has 0 saturated heterocycles. The summed E-state index contributed by atoms with van der Waals surface area (Å²) in [6.07, 6.45) is 0.750. The summed E-state index contributed by atoms with van der Waals surface area (Å²) in [6, 6.07) is 2.09. The van der Waals surface area contributed by atoms with E-state index >= 15 is 0 Å². The molecule has 0 radical (unpaired) electrons. The van der Waals surface area contributed by atoms with Crippen molar-refractivity contribution in [1.82, 2.24) is 15.3 Å². The van der Waals surface area contributed by atoms with E-state index in [0.29, 0.717) is 35.9 Å². The number of rotatable bonds is 8. The lowest BCUT2D eigenvalue weighted by atomic mass is 10.3. The number of ether oxygens (including phenoxy) is 1. The van der Waals surface area contributed by atoms with Gasteiger partial charge in [-0.25, -0.2) is 13.8 Å². The molecule has 1 heterocycles. The Hall–Kier alpha value is -1.67. The molecule has 2 rings (SSSR count). The van der Waals surface area contributed by atoms with Crippen LogP contribution in [0.25, 0.3) is 11.0 Å². The minimum absolute atomic E-state index is 0.121. The average molecular weight is 343 g/mol. The summed E-state index contributed by atoms with van der Waals surface area (Å²) < 4.78 is 31.5. The molecule has 0 spiro atoms. The highest BCUT2D eigenvalue weighted by atomic mass is 32.2. The van der Waals surface area contributed by atoms with Crippen LogP contribution in [0.1, 0.15) is 20.3 Å².